The van der Waals surface area contributed by atoms with E-state index in [2.05, 4.69) is 5.32 Å². The second-order valence-electron chi connectivity index (χ2n) is 6.66. The number of sulfonamides is 1. The molecular weight excluding hydrogens is 343 g/mol. The number of carbonyl (C=O) groups is 1. The summed E-state index contributed by atoms with van der Waals surface area (Å²) in [5.74, 6) is -0.739. The first-order valence-electron chi connectivity index (χ1n) is 8.88. The Bertz CT molecular complexity index is 668. The lowest BCUT2D eigenvalue weighted by Crippen LogP contribution is -2.51. The van der Waals surface area contributed by atoms with E-state index in [1.54, 1.807) is 6.92 Å². The minimum atomic E-state index is -3.69. The zero-order chi connectivity index (χ0) is 18.4. The number of nitrogens with zero attached hydrogens (tertiary/aromatic N) is 1. The third-order valence-electron chi connectivity index (χ3n) is 4.61. The molecule has 0 spiro atoms. The Morgan fingerprint density at radius 2 is 1.76 bits per heavy atom. The molecule has 1 atom stereocenters. The van der Waals surface area contributed by atoms with Crippen molar-refractivity contribution in [2.24, 2.45) is 0 Å². The highest BCUT2D eigenvalue weighted by atomic mass is 32.2. The van der Waals surface area contributed by atoms with Crippen LogP contribution < -0.4 is 9.62 Å². The van der Waals surface area contributed by atoms with Gasteiger partial charge < -0.3 is 5.32 Å². The van der Waals surface area contributed by atoms with E-state index in [1.165, 1.54) is 37.1 Å². The molecule has 1 N–H and O–H groups in total. The van der Waals surface area contributed by atoms with Crippen molar-refractivity contribution in [3.8, 4) is 0 Å². The third-order valence-corrected chi connectivity index (χ3v) is 5.79. The van der Waals surface area contributed by atoms with Crippen molar-refractivity contribution in [1.29, 1.82) is 0 Å². The summed E-state index contributed by atoms with van der Waals surface area (Å²) in [5, 5.41) is 3.02. The second-order valence-corrected chi connectivity index (χ2v) is 8.52. The van der Waals surface area contributed by atoms with Crippen LogP contribution >= 0.6 is 0 Å². The van der Waals surface area contributed by atoms with Crippen LogP contribution in [0, 0.1) is 5.82 Å². The molecule has 1 aliphatic rings. The van der Waals surface area contributed by atoms with Crippen LogP contribution in [0.1, 0.15) is 51.9 Å². The highest BCUT2D eigenvalue weighted by molar-refractivity contribution is 7.92. The maximum absolute atomic E-state index is 13.2. The van der Waals surface area contributed by atoms with Gasteiger partial charge in [0.05, 0.1) is 11.9 Å². The molecule has 1 aromatic rings. The van der Waals surface area contributed by atoms with Crippen LogP contribution in [0.4, 0.5) is 10.1 Å². The number of nitrogens with one attached hydrogen (secondary N) is 1. The number of hydrogen-bond donors (Lipinski definition) is 1. The minimum absolute atomic E-state index is 0.0960. The van der Waals surface area contributed by atoms with Gasteiger partial charge in [0, 0.05) is 6.04 Å². The molecular formula is C18H27FN2O3S. The maximum Gasteiger partial charge on any atom is 0.244 e. The maximum atomic E-state index is 13.2. The normalized spacial score (nSPS) is 17.6. The fourth-order valence-electron chi connectivity index (χ4n) is 3.37. The van der Waals surface area contributed by atoms with Gasteiger partial charge >= 0.3 is 0 Å². The molecule has 0 unspecified atom stereocenters. The van der Waals surface area contributed by atoms with Crippen LogP contribution in [0.5, 0.6) is 0 Å². The lowest BCUT2D eigenvalue weighted by molar-refractivity contribution is -0.123. The van der Waals surface area contributed by atoms with Gasteiger partial charge in [0.1, 0.15) is 11.9 Å². The Kier molecular flexibility index (Phi) is 6.81. The molecule has 0 radical (unpaired) electrons. The molecule has 1 aliphatic carbocycles. The molecule has 0 bridgehead atoms. The second kappa shape index (κ2) is 8.65. The summed E-state index contributed by atoms with van der Waals surface area (Å²) in [7, 11) is -3.69. The third kappa shape index (κ3) is 5.42. The average Bonchev–Trinajstić information content (AvgIpc) is 2.81. The predicted octanol–water partition coefficient (Wildman–Crippen LogP) is 3.21. The monoisotopic (exact) mass is 370 g/mol. The SMILES string of the molecule is CC[C@@H](C(=O)NC1CCCCCC1)N(c1ccc(F)cc1)S(C)(=O)=O. The Hall–Kier alpha value is -1.63. The molecule has 1 amide bonds. The van der Waals surface area contributed by atoms with Gasteiger partial charge in [0.15, 0.2) is 0 Å². The van der Waals surface area contributed by atoms with Gasteiger partial charge in [-0.15, -0.1) is 0 Å². The highest BCUT2D eigenvalue weighted by Gasteiger charge is 2.32. The smallest absolute Gasteiger partial charge is 0.244 e. The summed E-state index contributed by atoms with van der Waals surface area (Å²) in [4.78, 5) is 12.8. The van der Waals surface area contributed by atoms with Gasteiger partial charge in [-0.05, 0) is 43.5 Å². The Labute approximate surface area is 149 Å². The van der Waals surface area contributed by atoms with E-state index in [0.29, 0.717) is 12.1 Å². The van der Waals surface area contributed by atoms with Gasteiger partial charge in [-0.1, -0.05) is 32.6 Å². The van der Waals surface area contributed by atoms with Crippen LogP contribution in [0.15, 0.2) is 24.3 Å². The van der Waals surface area contributed by atoms with Gasteiger partial charge in [-0.2, -0.15) is 0 Å². The van der Waals surface area contributed by atoms with Crippen molar-refractivity contribution in [3.05, 3.63) is 30.1 Å². The Morgan fingerprint density at radius 3 is 2.24 bits per heavy atom. The zero-order valence-electron chi connectivity index (χ0n) is 14.9. The van der Waals surface area contributed by atoms with Crippen LogP contribution in [0.3, 0.4) is 0 Å². The first kappa shape index (κ1) is 19.7. The van der Waals surface area contributed by atoms with E-state index in [4.69, 9.17) is 0 Å². The van der Waals surface area contributed by atoms with Gasteiger partial charge in [0.2, 0.25) is 15.9 Å². The van der Waals surface area contributed by atoms with Gasteiger partial charge in [-0.3, -0.25) is 9.10 Å². The van der Waals surface area contributed by atoms with Crippen molar-refractivity contribution in [1.82, 2.24) is 5.32 Å². The van der Waals surface area contributed by atoms with E-state index in [9.17, 15) is 17.6 Å². The standard InChI is InChI=1S/C18H27FN2O3S/c1-3-17(18(22)20-15-8-6-4-5-7-9-15)21(25(2,23)24)16-12-10-14(19)11-13-16/h10-13,15,17H,3-9H2,1-2H3,(H,20,22)/t17-/m0/s1. The molecule has 5 nitrogen and oxygen atoms in total. The first-order valence-corrected chi connectivity index (χ1v) is 10.7. The summed E-state index contributed by atoms with van der Waals surface area (Å²) in [6.45, 7) is 1.78. The summed E-state index contributed by atoms with van der Waals surface area (Å²) in [6.07, 6.45) is 7.77. The fraction of sp³-hybridized carbons (Fsp3) is 0.611. The van der Waals surface area contributed by atoms with Crippen LogP contribution in [-0.4, -0.2) is 32.7 Å². The number of benzene rings is 1. The van der Waals surface area contributed by atoms with E-state index >= 15 is 0 Å². The van der Waals surface area contributed by atoms with Gasteiger partial charge in [-0.25, -0.2) is 12.8 Å². The molecule has 7 heteroatoms. The van der Waals surface area contributed by atoms with E-state index in [-0.39, 0.29) is 11.9 Å². The number of hydrogen-bond acceptors (Lipinski definition) is 3. The number of anilines is 1. The number of halogens is 1. The molecule has 2 rings (SSSR count). The summed E-state index contributed by atoms with van der Waals surface area (Å²) >= 11 is 0. The lowest BCUT2D eigenvalue weighted by Gasteiger charge is -2.31. The number of rotatable bonds is 6. The van der Waals surface area contributed by atoms with Crippen LogP contribution in [0.25, 0.3) is 0 Å². The van der Waals surface area contributed by atoms with Gasteiger partial charge in [0.25, 0.3) is 0 Å². The summed E-state index contributed by atoms with van der Waals surface area (Å²) < 4.78 is 38.9. The van der Waals surface area contributed by atoms with Crippen LogP contribution in [0.2, 0.25) is 0 Å². The predicted molar refractivity (Wildman–Crippen MR) is 97.4 cm³/mol. The molecule has 1 aromatic carbocycles. The van der Waals surface area contributed by atoms with E-state index in [1.807, 2.05) is 0 Å². The molecule has 1 fully saturated rings. The molecule has 0 heterocycles. The largest absolute Gasteiger partial charge is 0.352 e. The zero-order valence-corrected chi connectivity index (χ0v) is 15.7. The average molecular weight is 370 g/mol. The first-order chi connectivity index (χ1) is 11.8. The number of amides is 1. The summed E-state index contributed by atoms with van der Waals surface area (Å²) in [6, 6.07) is 4.42. The Morgan fingerprint density at radius 1 is 1.20 bits per heavy atom. The van der Waals surface area contributed by atoms with Crippen molar-refractivity contribution >= 4 is 21.6 Å². The van der Waals surface area contributed by atoms with Crippen molar-refractivity contribution in [2.75, 3.05) is 10.6 Å². The minimum Gasteiger partial charge on any atom is -0.352 e. The van der Waals surface area contributed by atoms with Crippen molar-refractivity contribution in [3.63, 3.8) is 0 Å². The van der Waals surface area contributed by atoms with Crippen molar-refractivity contribution in [2.45, 2.75) is 64.0 Å². The molecule has 0 saturated heterocycles. The summed E-state index contributed by atoms with van der Waals surface area (Å²) in [5.41, 5.74) is 0.298. The molecule has 0 aromatic heterocycles. The quantitative estimate of drug-likeness (QED) is 0.782. The Balaban J connectivity index is 2.23. The molecule has 0 aliphatic heterocycles. The molecule has 1 saturated carbocycles. The number of carbonyl (C=O) groups excluding carboxylic acids is 1. The molecule has 25 heavy (non-hydrogen) atoms. The van der Waals surface area contributed by atoms with Crippen molar-refractivity contribution < 1.29 is 17.6 Å². The molecule has 140 valence electrons. The lowest BCUT2D eigenvalue weighted by atomic mass is 10.1. The van der Waals surface area contributed by atoms with E-state index < -0.39 is 21.9 Å². The van der Waals surface area contributed by atoms with Crippen LogP contribution in [-0.2, 0) is 14.8 Å². The van der Waals surface area contributed by atoms with E-state index in [0.717, 1.165) is 36.2 Å². The fourth-order valence-corrected chi connectivity index (χ4v) is 4.58. The highest BCUT2D eigenvalue weighted by Crippen LogP contribution is 2.24. The topological polar surface area (TPSA) is 66.5 Å².